The molecular weight excluding hydrogens is 482 g/mol. The van der Waals surface area contributed by atoms with Crippen molar-refractivity contribution in [3.8, 4) is 11.5 Å². The Labute approximate surface area is 213 Å². The first-order valence-electron chi connectivity index (χ1n) is 11.6. The number of rotatable bonds is 7. The third-order valence-electron chi connectivity index (χ3n) is 6.15. The van der Waals surface area contributed by atoms with Gasteiger partial charge in [0.15, 0.2) is 0 Å². The number of piperazine rings is 1. The van der Waals surface area contributed by atoms with E-state index in [1.807, 2.05) is 54.6 Å². The van der Waals surface area contributed by atoms with Crippen molar-refractivity contribution >= 4 is 51.4 Å². The number of carbonyl (C=O) groups excluding carboxylic acids is 1. The van der Waals surface area contributed by atoms with Crippen molar-refractivity contribution in [1.82, 2.24) is 15.1 Å². The van der Waals surface area contributed by atoms with Crippen molar-refractivity contribution < 1.29 is 9.21 Å². The normalized spacial score (nSPS) is 14.4. The molecule has 7 nitrogen and oxygen atoms in total. The average Bonchev–Trinajstić information content (AvgIpc) is 3.36. The van der Waals surface area contributed by atoms with E-state index in [1.54, 1.807) is 6.07 Å². The van der Waals surface area contributed by atoms with Gasteiger partial charge in [-0.25, -0.2) is 0 Å². The van der Waals surface area contributed by atoms with Gasteiger partial charge >= 0.3 is 0 Å². The van der Waals surface area contributed by atoms with E-state index in [0.29, 0.717) is 16.1 Å². The van der Waals surface area contributed by atoms with E-state index in [-0.39, 0.29) is 11.7 Å². The van der Waals surface area contributed by atoms with Crippen LogP contribution < -0.4 is 10.2 Å². The molecule has 1 aliphatic rings. The monoisotopic (exact) mass is 507 g/mol. The lowest BCUT2D eigenvalue weighted by atomic mass is 10.0. The van der Waals surface area contributed by atoms with Crippen molar-refractivity contribution in [3.63, 3.8) is 0 Å². The number of aromatic nitrogens is 2. The number of hydrogen-bond donors (Lipinski definition) is 1. The molecule has 5 rings (SSSR count). The molecule has 9 heteroatoms. The summed E-state index contributed by atoms with van der Waals surface area (Å²) in [4.78, 5) is 17.5. The first-order valence-corrected chi connectivity index (χ1v) is 13.0. The maximum atomic E-state index is 12.8. The van der Waals surface area contributed by atoms with Gasteiger partial charge in [-0.2, -0.15) is 0 Å². The lowest BCUT2D eigenvalue weighted by molar-refractivity contribution is -0.113. The summed E-state index contributed by atoms with van der Waals surface area (Å²) in [6, 6.07) is 19.7. The van der Waals surface area contributed by atoms with Crippen molar-refractivity contribution in [1.29, 1.82) is 0 Å². The molecule has 2 heterocycles. The van der Waals surface area contributed by atoms with Crippen LogP contribution in [0.15, 0.2) is 70.3 Å². The largest absolute Gasteiger partial charge is 0.411 e. The number of nitrogens with one attached hydrogen (secondary N) is 1. The second-order valence-corrected chi connectivity index (χ2v) is 9.68. The Morgan fingerprint density at radius 2 is 1.86 bits per heavy atom. The number of benzene rings is 3. The van der Waals surface area contributed by atoms with Crippen molar-refractivity contribution in [2.75, 3.05) is 48.7 Å². The fraction of sp³-hybridized carbons (Fsp3) is 0.269. The van der Waals surface area contributed by atoms with Crippen LogP contribution in [0.5, 0.6) is 0 Å². The fourth-order valence-corrected chi connectivity index (χ4v) is 5.03. The van der Waals surface area contributed by atoms with Crippen LogP contribution in [0, 0.1) is 0 Å². The van der Waals surface area contributed by atoms with Crippen molar-refractivity contribution in [2.45, 2.75) is 12.1 Å². The Bertz CT molecular complexity index is 1330. The first kappa shape index (κ1) is 23.7. The molecule has 0 radical (unpaired) electrons. The maximum Gasteiger partial charge on any atom is 0.277 e. The molecule has 0 aliphatic carbocycles. The van der Waals surface area contributed by atoms with E-state index in [9.17, 15) is 4.79 Å². The number of hydrogen-bond acceptors (Lipinski definition) is 7. The first-order chi connectivity index (χ1) is 17.1. The second-order valence-electron chi connectivity index (χ2n) is 8.32. The smallest absolute Gasteiger partial charge is 0.277 e. The standard InChI is InChI=1S/C26H26ClN5O2S/c1-2-31-12-14-32(15-13-31)23-11-10-19(27)16-22(23)28-24(33)17-35-26-30-29-25(34-26)21-9-5-7-18-6-3-4-8-20(18)21/h3-11,16H,2,12-15,17H2,1H3,(H,28,33). The SMILES string of the molecule is CCN1CCN(c2ccc(Cl)cc2NC(=O)CSc2nnc(-c3cccc4ccccc34)o2)CC1. The summed E-state index contributed by atoms with van der Waals surface area (Å²) in [6.45, 7) is 7.04. The van der Waals surface area contributed by atoms with E-state index in [4.69, 9.17) is 16.0 Å². The van der Waals surface area contributed by atoms with Gasteiger partial charge in [-0.3, -0.25) is 4.79 Å². The highest BCUT2D eigenvalue weighted by atomic mass is 35.5. The van der Waals surface area contributed by atoms with Crippen molar-refractivity contribution in [2.24, 2.45) is 0 Å². The topological polar surface area (TPSA) is 74.5 Å². The quantitative estimate of drug-likeness (QED) is 0.335. The number of fused-ring (bicyclic) bond motifs is 1. The van der Waals surface area contributed by atoms with Gasteiger partial charge in [0.1, 0.15) is 0 Å². The van der Waals surface area contributed by atoms with Crippen LogP contribution in [0.2, 0.25) is 5.02 Å². The second kappa shape index (κ2) is 10.7. The van der Waals surface area contributed by atoms with E-state index in [0.717, 1.165) is 60.4 Å². The number of halogens is 1. The number of amides is 1. The lowest BCUT2D eigenvalue weighted by Crippen LogP contribution is -2.46. The molecule has 0 bridgehead atoms. The zero-order valence-electron chi connectivity index (χ0n) is 19.4. The number of anilines is 2. The number of likely N-dealkylation sites (N-methyl/N-ethyl adjacent to an activating group) is 1. The van der Waals surface area contributed by atoms with E-state index in [1.165, 1.54) is 11.8 Å². The minimum Gasteiger partial charge on any atom is -0.411 e. The maximum absolute atomic E-state index is 12.8. The van der Waals surface area contributed by atoms with Crippen LogP contribution in [-0.4, -0.2) is 59.5 Å². The average molecular weight is 508 g/mol. The third kappa shape index (κ3) is 5.45. The summed E-state index contributed by atoms with van der Waals surface area (Å²) in [7, 11) is 0. The van der Waals surface area contributed by atoms with Crippen LogP contribution in [0.4, 0.5) is 11.4 Å². The van der Waals surface area contributed by atoms with Gasteiger partial charge in [-0.15, -0.1) is 10.2 Å². The third-order valence-corrected chi connectivity index (χ3v) is 7.20. The highest BCUT2D eigenvalue weighted by molar-refractivity contribution is 7.99. The highest BCUT2D eigenvalue weighted by Crippen LogP contribution is 2.32. The molecule has 0 unspecified atom stereocenters. The van der Waals surface area contributed by atoms with Gasteiger partial charge in [-0.1, -0.05) is 66.7 Å². The molecule has 35 heavy (non-hydrogen) atoms. The highest BCUT2D eigenvalue weighted by Gasteiger charge is 2.20. The molecule has 1 aliphatic heterocycles. The van der Waals surface area contributed by atoms with E-state index >= 15 is 0 Å². The van der Waals surface area contributed by atoms with E-state index in [2.05, 4.69) is 32.2 Å². The molecule has 1 fully saturated rings. The van der Waals surface area contributed by atoms with Gasteiger partial charge < -0.3 is 19.5 Å². The Morgan fingerprint density at radius 1 is 1.06 bits per heavy atom. The van der Waals surface area contributed by atoms with Gasteiger partial charge in [0.25, 0.3) is 5.22 Å². The predicted molar refractivity (Wildman–Crippen MR) is 142 cm³/mol. The van der Waals surface area contributed by atoms with Gasteiger partial charge in [0.2, 0.25) is 11.8 Å². The molecule has 1 amide bonds. The van der Waals surface area contributed by atoms with Gasteiger partial charge in [0, 0.05) is 36.8 Å². The summed E-state index contributed by atoms with van der Waals surface area (Å²) in [6.07, 6.45) is 0. The fourth-order valence-electron chi connectivity index (χ4n) is 4.29. The summed E-state index contributed by atoms with van der Waals surface area (Å²) < 4.78 is 5.86. The molecule has 3 aromatic carbocycles. The summed E-state index contributed by atoms with van der Waals surface area (Å²) in [5, 5.41) is 14.4. The molecule has 0 spiro atoms. The number of nitrogens with zero attached hydrogens (tertiary/aromatic N) is 4. The van der Waals surface area contributed by atoms with Crippen LogP contribution in [-0.2, 0) is 4.79 Å². The zero-order chi connectivity index (χ0) is 24.2. The minimum absolute atomic E-state index is 0.146. The number of thioether (sulfide) groups is 1. The van der Waals surface area contributed by atoms with E-state index < -0.39 is 0 Å². The van der Waals surface area contributed by atoms with Gasteiger partial charge in [-0.05, 0) is 41.6 Å². The lowest BCUT2D eigenvalue weighted by Gasteiger charge is -2.36. The summed E-state index contributed by atoms with van der Waals surface area (Å²) >= 11 is 7.46. The molecule has 1 saturated heterocycles. The van der Waals surface area contributed by atoms with Crippen LogP contribution in [0.25, 0.3) is 22.2 Å². The summed E-state index contributed by atoms with van der Waals surface area (Å²) in [5.41, 5.74) is 2.58. The molecule has 0 atom stereocenters. The molecule has 1 N–H and O–H groups in total. The molecule has 180 valence electrons. The Kier molecular flexibility index (Phi) is 7.22. The Balaban J connectivity index is 1.24. The molecule has 1 aromatic heterocycles. The van der Waals surface area contributed by atoms with Gasteiger partial charge in [0.05, 0.1) is 17.1 Å². The van der Waals surface area contributed by atoms with Crippen molar-refractivity contribution in [3.05, 3.63) is 65.7 Å². The van der Waals surface area contributed by atoms with Crippen LogP contribution in [0.3, 0.4) is 0 Å². The predicted octanol–water partition coefficient (Wildman–Crippen LogP) is 5.42. The zero-order valence-corrected chi connectivity index (χ0v) is 21.0. The van der Waals surface area contributed by atoms with Crippen LogP contribution >= 0.6 is 23.4 Å². The Morgan fingerprint density at radius 3 is 2.69 bits per heavy atom. The number of carbonyl (C=O) groups is 1. The Hall–Kier alpha value is -3.07. The molecule has 0 saturated carbocycles. The summed E-state index contributed by atoms with van der Waals surface area (Å²) in [5.74, 6) is 0.427. The minimum atomic E-state index is -0.157. The molecular formula is C26H26ClN5O2S. The van der Waals surface area contributed by atoms with Crippen LogP contribution in [0.1, 0.15) is 6.92 Å². The molecule has 4 aromatic rings.